The highest BCUT2D eigenvalue weighted by molar-refractivity contribution is 5.58. The lowest BCUT2D eigenvalue weighted by molar-refractivity contribution is 0.285. The maximum Gasteiger partial charge on any atom is 0.142 e. The Balaban J connectivity index is 1.96. The molecule has 0 radical (unpaired) electrons. The number of anilines is 1. The summed E-state index contributed by atoms with van der Waals surface area (Å²) in [5, 5.41) is 3.62. The second kappa shape index (κ2) is 6.83. The summed E-state index contributed by atoms with van der Waals surface area (Å²) in [7, 11) is 0. The minimum Gasteiger partial charge on any atom is -0.491 e. The quantitative estimate of drug-likeness (QED) is 0.763. The molecule has 1 aromatic rings. The van der Waals surface area contributed by atoms with Gasteiger partial charge in [0.15, 0.2) is 0 Å². The lowest BCUT2D eigenvalue weighted by atomic mass is 9.81. The van der Waals surface area contributed by atoms with Crippen LogP contribution in [-0.2, 0) is 0 Å². The van der Waals surface area contributed by atoms with E-state index in [0.717, 1.165) is 30.4 Å². The lowest BCUT2D eigenvalue weighted by Crippen LogP contribution is -2.23. The zero-order valence-electron chi connectivity index (χ0n) is 12.5. The Morgan fingerprint density at radius 3 is 2.79 bits per heavy atom. The molecule has 1 atom stereocenters. The highest BCUT2D eigenvalue weighted by atomic mass is 16.5. The number of ether oxygens (including phenoxy) is 1. The van der Waals surface area contributed by atoms with Crippen molar-refractivity contribution in [2.75, 3.05) is 11.9 Å². The molecule has 1 aliphatic carbocycles. The average Bonchev–Trinajstić information content (AvgIpc) is 2.34. The van der Waals surface area contributed by atoms with Gasteiger partial charge in [0.25, 0.3) is 0 Å². The van der Waals surface area contributed by atoms with Crippen LogP contribution in [0.5, 0.6) is 5.75 Å². The van der Waals surface area contributed by atoms with Crippen LogP contribution in [0.15, 0.2) is 18.2 Å². The van der Waals surface area contributed by atoms with E-state index in [9.17, 15) is 0 Å². The van der Waals surface area contributed by atoms with Gasteiger partial charge in [-0.15, -0.1) is 0 Å². The molecule has 19 heavy (non-hydrogen) atoms. The first-order valence-electron chi connectivity index (χ1n) is 7.69. The summed E-state index contributed by atoms with van der Waals surface area (Å²) in [5.74, 6) is 1.94. The molecule has 1 fully saturated rings. The molecule has 106 valence electrons. The molecule has 2 heteroatoms. The van der Waals surface area contributed by atoms with Crippen molar-refractivity contribution in [3.8, 4) is 5.75 Å². The molecule has 1 N–H and O–H groups in total. The third-order valence-electron chi connectivity index (χ3n) is 3.91. The molecule has 0 aromatic heterocycles. The molecule has 1 aromatic carbocycles. The summed E-state index contributed by atoms with van der Waals surface area (Å²) in [5.41, 5.74) is 2.40. The van der Waals surface area contributed by atoms with Gasteiger partial charge in [-0.3, -0.25) is 0 Å². The van der Waals surface area contributed by atoms with Gasteiger partial charge in [-0.05, 0) is 50.3 Å². The molecule has 0 amide bonds. The fourth-order valence-electron chi connectivity index (χ4n) is 2.63. The molecular weight excluding hydrogens is 234 g/mol. The van der Waals surface area contributed by atoms with Gasteiger partial charge in [0.2, 0.25) is 0 Å². The van der Waals surface area contributed by atoms with Crippen molar-refractivity contribution in [3.05, 3.63) is 23.8 Å². The van der Waals surface area contributed by atoms with Gasteiger partial charge in [0, 0.05) is 6.04 Å². The predicted molar refractivity (Wildman–Crippen MR) is 82.0 cm³/mol. The highest BCUT2D eigenvalue weighted by Crippen LogP contribution is 2.32. The molecule has 0 saturated heterocycles. The number of nitrogens with one attached hydrogen (secondary N) is 1. The van der Waals surface area contributed by atoms with E-state index in [-0.39, 0.29) is 0 Å². The molecular formula is C17H27NO. The summed E-state index contributed by atoms with van der Waals surface area (Å²) in [6.45, 7) is 7.32. The molecule has 2 nitrogen and oxygen atoms in total. The minimum absolute atomic E-state index is 0.525. The van der Waals surface area contributed by atoms with Crippen LogP contribution in [0.1, 0.15) is 51.5 Å². The molecule has 0 spiro atoms. The normalized spacial score (nSPS) is 16.8. The van der Waals surface area contributed by atoms with Crippen molar-refractivity contribution in [2.24, 2.45) is 5.92 Å². The number of hydrogen-bond donors (Lipinski definition) is 1. The summed E-state index contributed by atoms with van der Waals surface area (Å²) in [6.07, 6.45) is 6.58. The monoisotopic (exact) mass is 261 g/mol. The molecule has 2 rings (SSSR count). The van der Waals surface area contributed by atoms with Crippen molar-refractivity contribution in [3.63, 3.8) is 0 Å². The first-order valence-corrected chi connectivity index (χ1v) is 7.69. The Hall–Kier alpha value is -1.18. The topological polar surface area (TPSA) is 21.3 Å². The summed E-state index contributed by atoms with van der Waals surface area (Å²) in [4.78, 5) is 0. The van der Waals surface area contributed by atoms with Crippen LogP contribution >= 0.6 is 0 Å². The summed E-state index contributed by atoms with van der Waals surface area (Å²) < 4.78 is 5.85. The van der Waals surface area contributed by atoms with Crippen LogP contribution in [0.3, 0.4) is 0 Å². The first-order chi connectivity index (χ1) is 9.19. The number of hydrogen-bond acceptors (Lipinski definition) is 2. The van der Waals surface area contributed by atoms with E-state index in [0.29, 0.717) is 6.04 Å². The van der Waals surface area contributed by atoms with Crippen LogP contribution in [-0.4, -0.2) is 12.6 Å². The molecule has 0 bridgehead atoms. The summed E-state index contributed by atoms with van der Waals surface area (Å²) >= 11 is 0. The van der Waals surface area contributed by atoms with E-state index in [4.69, 9.17) is 4.74 Å². The van der Waals surface area contributed by atoms with E-state index in [1.807, 2.05) is 0 Å². The second-order valence-electron chi connectivity index (χ2n) is 5.93. The number of aryl methyl sites for hydroxylation is 1. The van der Waals surface area contributed by atoms with Crippen molar-refractivity contribution >= 4 is 5.69 Å². The molecule has 0 heterocycles. The maximum absolute atomic E-state index is 5.85. The van der Waals surface area contributed by atoms with Crippen molar-refractivity contribution in [2.45, 2.75) is 58.9 Å². The van der Waals surface area contributed by atoms with Gasteiger partial charge in [0.05, 0.1) is 12.3 Å². The van der Waals surface area contributed by atoms with Crippen LogP contribution in [0.2, 0.25) is 0 Å². The summed E-state index contributed by atoms with van der Waals surface area (Å²) in [6, 6.07) is 6.96. The Labute approximate surface area is 117 Å². The second-order valence-corrected chi connectivity index (χ2v) is 5.93. The standard InChI is InChI=1S/C17H27NO/c1-4-10-19-17-11-13(2)8-9-16(17)18-14(3)12-15-6-5-7-15/h8-9,11,14-15,18H,4-7,10,12H2,1-3H3. The van der Waals surface area contributed by atoms with Crippen LogP contribution in [0.25, 0.3) is 0 Å². The van der Waals surface area contributed by atoms with E-state index < -0.39 is 0 Å². The Bertz CT molecular complexity index is 398. The SMILES string of the molecule is CCCOc1cc(C)ccc1NC(C)CC1CCC1. The molecule has 1 unspecified atom stereocenters. The zero-order valence-corrected chi connectivity index (χ0v) is 12.5. The minimum atomic E-state index is 0.525. The molecule has 1 aliphatic rings. The highest BCUT2D eigenvalue weighted by Gasteiger charge is 2.20. The van der Waals surface area contributed by atoms with Gasteiger partial charge < -0.3 is 10.1 Å². The van der Waals surface area contributed by atoms with E-state index in [2.05, 4.69) is 44.3 Å². The van der Waals surface area contributed by atoms with Crippen LogP contribution in [0.4, 0.5) is 5.69 Å². The first kappa shape index (κ1) is 14.2. The van der Waals surface area contributed by atoms with E-state index in [1.165, 1.54) is 31.2 Å². The maximum atomic E-state index is 5.85. The molecule has 0 aliphatic heterocycles. The van der Waals surface area contributed by atoms with Gasteiger partial charge in [-0.2, -0.15) is 0 Å². The zero-order chi connectivity index (χ0) is 13.7. The number of rotatable bonds is 7. The van der Waals surface area contributed by atoms with Crippen molar-refractivity contribution < 1.29 is 4.74 Å². The fraction of sp³-hybridized carbons (Fsp3) is 0.647. The average molecular weight is 261 g/mol. The number of benzene rings is 1. The predicted octanol–water partition coefficient (Wildman–Crippen LogP) is 4.77. The lowest BCUT2D eigenvalue weighted by Gasteiger charge is -2.29. The third kappa shape index (κ3) is 4.15. The fourth-order valence-corrected chi connectivity index (χ4v) is 2.63. The van der Waals surface area contributed by atoms with Gasteiger partial charge in [-0.1, -0.05) is 32.3 Å². The Morgan fingerprint density at radius 1 is 1.37 bits per heavy atom. The third-order valence-corrected chi connectivity index (χ3v) is 3.91. The van der Waals surface area contributed by atoms with E-state index >= 15 is 0 Å². The Kier molecular flexibility index (Phi) is 5.12. The van der Waals surface area contributed by atoms with Gasteiger partial charge in [0.1, 0.15) is 5.75 Å². The van der Waals surface area contributed by atoms with Crippen LogP contribution < -0.4 is 10.1 Å². The van der Waals surface area contributed by atoms with Gasteiger partial charge >= 0.3 is 0 Å². The van der Waals surface area contributed by atoms with Crippen molar-refractivity contribution in [1.82, 2.24) is 0 Å². The van der Waals surface area contributed by atoms with Gasteiger partial charge in [-0.25, -0.2) is 0 Å². The van der Waals surface area contributed by atoms with E-state index in [1.54, 1.807) is 0 Å². The van der Waals surface area contributed by atoms with Crippen molar-refractivity contribution in [1.29, 1.82) is 0 Å². The largest absolute Gasteiger partial charge is 0.491 e. The Morgan fingerprint density at radius 2 is 2.16 bits per heavy atom. The smallest absolute Gasteiger partial charge is 0.142 e. The molecule has 1 saturated carbocycles. The van der Waals surface area contributed by atoms with Crippen LogP contribution in [0, 0.1) is 12.8 Å².